The van der Waals surface area contributed by atoms with E-state index in [-0.39, 0.29) is 42.2 Å². The molecule has 560 valence electrons. The minimum Gasteiger partial charge on any atom is -0.466 e. The molecule has 0 aliphatic rings. The normalized spacial score (nSPS) is 12.6. The largest absolute Gasteiger partial charge is 0.466 e. The van der Waals surface area contributed by atoms with Crippen molar-refractivity contribution in [3.05, 3.63) is 0 Å². The number of hydrogen-bond acceptors (Lipinski definition) is 14. The maximum atomic E-state index is 12.9. The number of nitrogens with zero attached hydrogens (tertiary/aromatic N) is 3. The van der Waals surface area contributed by atoms with Crippen LogP contribution in [0.3, 0.4) is 0 Å². The molecule has 0 aromatic rings. The zero-order valence-electron chi connectivity index (χ0n) is 63.4. The molecule has 94 heavy (non-hydrogen) atoms. The average molecular weight is 1370 g/mol. The van der Waals surface area contributed by atoms with Crippen LogP contribution in [0, 0.1) is 0 Å². The van der Waals surface area contributed by atoms with Gasteiger partial charge >= 0.3 is 11.9 Å². The Balaban J connectivity index is 0. The van der Waals surface area contributed by atoms with Crippen LogP contribution in [0.2, 0.25) is 0 Å². The summed E-state index contributed by atoms with van der Waals surface area (Å²) in [4.78, 5) is 55.5. The summed E-state index contributed by atoms with van der Waals surface area (Å²) >= 11 is 0. The number of aliphatic hydroxyl groups is 2. The first-order valence-corrected chi connectivity index (χ1v) is 42.8. The third-order valence-electron chi connectivity index (χ3n) is 18.3. The van der Waals surface area contributed by atoms with E-state index in [0.29, 0.717) is 45.5 Å². The SMILES string of the molecule is CCCCCCCCC(O)CN(CCC=O)CC(O)CCCCCCCC.CCCCCCCCCCCOC(=O)CCCCCN(CCCCCCCC(=O)OC(CCCCCCCC)CCCCCCCC)CCCCSSCCC(NC)C(=O)NCCCN(C)C. The minimum atomic E-state index is -0.357. The summed E-state index contributed by atoms with van der Waals surface area (Å²) in [5.41, 5.74) is 0. The number of carbonyl (C=O) groups is 4. The monoisotopic (exact) mass is 1370 g/mol. The van der Waals surface area contributed by atoms with Gasteiger partial charge < -0.3 is 44.9 Å². The summed E-state index contributed by atoms with van der Waals surface area (Å²) in [6.45, 7) is 18.6. The van der Waals surface area contributed by atoms with Crippen LogP contribution < -0.4 is 10.6 Å². The number of carbonyl (C=O) groups excluding carboxylic acids is 4. The molecule has 0 fully saturated rings. The van der Waals surface area contributed by atoms with Crippen molar-refractivity contribution in [3.8, 4) is 0 Å². The van der Waals surface area contributed by atoms with Gasteiger partial charge in [-0.15, -0.1) is 0 Å². The molecule has 0 saturated carbocycles. The van der Waals surface area contributed by atoms with Gasteiger partial charge in [0.2, 0.25) is 5.91 Å². The summed E-state index contributed by atoms with van der Waals surface area (Å²) < 4.78 is 11.7. The summed E-state index contributed by atoms with van der Waals surface area (Å²) in [7, 11) is 9.82. The van der Waals surface area contributed by atoms with E-state index in [0.717, 1.165) is 147 Å². The number of ether oxygens (including phenoxy) is 2. The topological polar surface area (TPSA) is 161 Å². The Morgan fingerprint density at radius 3 is 1.28 bits per heavy atom. The van der Waals surface area contributed by atoms with Crippen molar-refractivity contribution in [2.24, 2.45) is 0 Å². The van der Waals surface area contributed by atoms with Gasteiger partial charge in [0.15, 0.2) is 0 Å². The van der Waals surface area contributed by atoms with E-state index in [4.69, 9.17) is 9.47 Å². The highest BCUT2D eigenvalue weighted by Crippen LogP contribution is 2.25. The van der Waals surface area contributed by atoms with Crippen LogP contribution >= 0.6 is 21.6 Å². The number of aliphatic hydroxyl groups excluding tert-OH is 2. The number of likely N-dealkylation sites (N-methyl/N-ethyl adjacent to an activating group) is 1. The molecular formula is C79H159N5O8S2. The van der Waals surface area contributed by atoms with E-state index in [1.54, 1.807) is 0 Å². The fourth-order valence-electron chi connectivity index (χ4n) is 12.2. The van der Waals surface area contributed by atoms with Gasteiger partial charge in [0.05, 0.1) is 24.9 Å². The highest BCUT2D eigenvalue weighted by atomic mass is 33.1. The fraction of sp³-hybridized carbons (Fsp3) is 0.949. The number of amides is 1. The van der Waals surface area contributed by atoms with Crippen molar-refractivity contribution in [2.75, 3.05) is 91.6 Å². The average Bonchev–Trinajstić information content (AvgIpc) is 3.69. The van der Waals surface area contributed by atoms with Gasteiger partial charge in [-0.25, -0.2) is 0 Å². The van der Waals surface area contributed by atoms with Crippen molar-refractivity contribution in [3.63, 3.8) is 0 Å². The predicted octanol–water partition coefficient (Wildman–Crippen LogP) is 20.0. The molecule has 0 aromatic heterocycles. The van der Waals surface area contributed by atoms with E-state index in [9.17, 15) is 29.4 Å². The first kappa shape index (κ1) is 94.6. The van der Waals surface area contributed by atoms with E-state index in [1.807, 2.05) is 28.6 Å². The van der Waals surface area contributed by atoms with Gasteiger partial charge in [-0.2, -0.15) is 0 Å². The van der Waals surface area contributed by atoms with Crippen LogP contribution in [0.4, 0.5) is 0 Å². The lowest BCUT2D eigenvalue weighted by Crippen LogP contribution is -2.43. The zero-order chi connectivity index (χ0) is 69.3. The molecule has 0 heterocycles. The molecule has 15 heteroatoms. The molecule has 0 bridgehead atoms. The Bertz CT molecular complexity index is 1530. The van der Waals surface area contributed by atoms with Crippen LogP contribution in [-0.2, 0) is 28.7 Å². The van der Waals surface area contributed by atoms with Crippen LogP contribution in [0.1, 0.15) is 369 Å². The van der Waals surface area contributed by atoms with Crippen LogP contribution in [0.5, 0.6) is 0 Å². The number of unbranched alkanes of at least 4 members (excludes halogenated alkanes) is 35. The van der Waals surface area contributed by atoms with Crippen molar-refractivity contribution in [1.82, 2.24) is 25.3 Å². The predicted molar refractivity (Wildman–Crippen MR) is 410 cm³/mol. The second kappa shape index (κ2) is 77.3. The Labute approximate surface area is 591 Å². The molecule has 0 radical (unpaired) electrons. The smallest absolute Gasteiger partial charge is 0.306 e. The molecule has 1 amide bonds. The second-order valence-corrected chi connectivity index (χ2v) is 30.7. The fourth-order valence-corrected chi connectivity index (χ4v) is 14.5. The first-order valence-electron chi connectivity index (χ1n) is 40.3. The van der Waals surface area contributed by atoms with E-state index >= 15 is 0 Å². The molecule has 4 N–H and O–H groups in total. The maximum Gasteiger partial charge on any atom is 0.306 e. The molecule has 0 spiro atoms. The summed E-state index contributed by atoms with van der Waals surface area (Å²) in [6, 6.07) is -0.135. The molecule has 0 rings (SSSR count). The van der Waals surface area contributed by atoms with Gasteiger partial charge in [-0.3, -0.25) is 19.3 Å². The van der Waals surface area contributed by atoms with Crippen molar-refractivity contribution in [2.45, 2.75) is 393 Å². The molecule has 0 aliphatic heterocycles. The summed E-state index contributed by atoms with van der Waals surface area (Å²) in [6.07, 6.45) is 59.9. The van der Waals surface area contributed by atoms with Crippen LogP contribution in [-0.4, -0.2) is 165 Å². The zero-order valence-corrected chi connectivity index (χ0v) is 65.1. The molecular weight excluding hydrogens is 1210 g/mol. The number of hydrogen-bond donors (Lipinski definition) is 4. The molecule has 3 unspecified atom stereocenters. The van der Waals surface area contributed by atoms with Crippen LogP contribution in [0.25, 0.3) is 0 Å². The second-order valence-electron chi connectivity index (χ2n) is 28.0. The number of esters is 2. The van der Waals surface area contributed by atoms with E-state index < -0.39 is 0 Å². The maximum absolute atomic E-state index is 12.9. The number of nitrogens with one attached hydrogen (secondary N) is 2. The van der Waals surface area contributed by atoms with Crippen molar-refractivity contribution >= 4 is 45.7 Å². The molecule has 0 saturated heterocycles. The Morgan fingerprint density at radius 1 is 0.426 bits per heavy atom. The molecule has 0 aromatic carbocycles. The van der Waals surface area contributed by atoms with Gasteiger partial charge in [0.1, 0.15) is 12.4 Å². The highest BCUT2D eigenvalue weighted by molar-refractivity contribution is 8.76. The lowest BCUT2D eigenvalue weighted by Gasteiger charge is -2.27. The Morgan fingerprint density at radius 2 is 0.819 bits per heavy atom. The van der Waals surface area contributed by atoms with Crippen LogP contribution in [0.15, 0.2) is 0 Å². The third-order valence-corrected chi connectivity index (χ3v) is 20.9. The minimum absolute atomic E-state index is 0.0213. The van der Waals surface area contributed by atoms with Gasteiger partial charge in [0, 0.05) is 56.9 Å². The molecule has 3 atom stereocenters. The van der Waals surface area contributed by atoms with E-state index in [2.05, 4.69) is 74.0 Å². The van der Waals surface area contributed by atoms with Gasteiger partial charge in [-0.05, 0) is 144 Å². The van der Waals surface area contributed by atoms with Gasteiger partial charge in [-0.1, -0.05) is 275 Å². The summed E-state index contributed by atoms with van der Waals surface area (Å²) in [5, 5.41) is 26.9. The Kier molecular flexibility index (Phi) is 77.8. The highest BCUT2D eigenvalue weighted by Gasteiger charge is 2.19. The number of aldehydes is 1. The van der Waals surface area contributed by atoms with Crippen molar-refractivity contribution in [1.29, 1.82) is 0 Å². The molecule has 0 aliphatic carbocycles. The first-order chi connectivity index (χ1) is 45.9. The lowest BCUT2D eigenvalue weighted by molar-refractivity contribution is -0.150. The van der Waals surface area contributed by atoms with E-state index in [1.165, 1.54) is 218 Å². The standard InChI is InChI=1S/C56H112N4O5S2.C23H47NO3/c1-7-10-13-16-19-20-21-27-36-49-64-54(61)41-32-28-34-47-60(48-35-37-50-66-67-51-43-53(57-4)56(63)58-44-38-45-59(5)6)46-33-26-22-25-31-42-55(62)65-52(39-29-23-17-14-11-8-2)40-30-24-18-15-12-9-3;1-3-5-7-9-11-13-16-22(26)20-24(18-15-19-25)21-23(27)17-14-12-10-8-6-4-2/h52-53,57H,7-51H2,1-6H3,(H,58,63);19,22-23,26-27H,3-18,20-21H2,1-2H3. The molecule has 13 nitrogen and oxygen atoms in total. The van der Waals surface area contributed by atoms with Gasteiger partial charge in [0.25, 0.3) is 0 Å². The number of rotatable bonds is 75. The van der Waals surface area contributed by atoms with Crippen molar-refractivity contribution < 1.29 is 38.9 Å². The summed E-state index contributed by atoms with van der Waals surface area (Å²) in [5.74, 6) is 2.19. The quantitative estimate of drug-likeness (QED) is 0.0197. The lowest BCUT2D eigenvalue weighted by atomic mass is 10.0. The Hall–Kier alpha value is -1.46. The third kappa shape index (κ3) is 71.8.